The summed E-state index contributed by atoms with van der Waals surface area (Å²) in [5.74, 6) is 0.936. The molecule has 1 aromatic carbocycles. The average Bonchev–Trinajstić information content (AvgIpc) is 3.38. The quantitative estimate of drug-likeness (QED) is 0.703. The Kier molecular flexibility index (Phi) is 5.27. The maximum Gasteiger partial charge on any atom is 0.210 e. The molecule has 1 amide bonds. The van der Waals surface area contributed by atoms with Crippen molar-refractivity contribution < 1.29 is 9.53 Å². The van der Waals surface area contributed by atoms with Gasteiger partial charge in [-0.2, -0.15) is 5.10 Å². The lowest BCUT2D eigenvalue weighted by atomic mass is 9.90. The third-order valence-corrected chi connectivity index (χ3v) is 6.85. The summed E-state index contributed by atoms with van der Waals surface area (Å²) in [6, 6.07) is 11.2. The van der Waals surface area contributed by atoms with Crippen LogP contribution in [0.3, 0.4) is 0 Å². The zero-order valence-corrected chi connectivity index (χ0v) is 16.9. The molecule has 1 atom stereocenters. The van der Waals surface area contributed by atoms with Gasteiger partial charge in [-0.1, -0.05) is 6.42 Å². The van der Waals surface area contributed by atoms with Crippen LogP contribution in [0.2, 0.25) is 0 Å². The molecule has 0 N–H and O–H groups in total. The van der Waals surface area contributed by atoms with E-state index in [4.69, 9.17) is 9.84 Å². The van der Waals surface area contributed by atoms with Gasteiger partial charge in [0, 0.05) is 31.9 Å². The number of aromatic nitrogens is 2. The Morgan fingerprint density at radius 2 is 1.72 bits per heavy atom. The van der Waals surface area contributed by atoms with E-state index in [0.29, 0.717) is 6.10 Å². The average molecular weight is 395 g/mol. The molecule has 1 aromatic heterocycles. The molecule has 1 unspecified atom stereocenters. The van der Waals surface area contributed by atoms with E-state index in [0.717, 1.165) is 61.8 Å². The number of amides is 1. The first-order chi connectivity index (χ1) is 14.3. The van der Waals surface area contributed by atoms with Gasteiger partial charge in [-0.3, -0.25) is 4.79 Å². The van der Waals surface area contributed by atoms with Crippen LogP contribution in [0, 0.1) is 0 Å². The van der Waals surface area contributed by atoms with Crippen molar-refractivity contribution in [3.05, 3.63) is 42.2 Å². The first-order valence-electron chi connectivity index (χ1n) is 11.1. The zero-order chi connectivity index (χ0) is 19.6. The highest BCUT2D eigenvalue weighted by atomic mass is 16.5. The molecule has 1 saturated carbocycles. The fraction of sp³-hybridized carbons (Fsp3) is 0.565. The number of carbonyl (C=O) groups is 1. The van der Waals surface area contributed by atoms with Crippen molar-refractivity contribution in [3.63, 3.8) is 0 Å². The summed E-state index contributed by atoms with van der Waals surface area (Å²) in [4.78, 5) is 15.7. The van der Waals surface area contributed by atoms with Crippen LogP contribution in [-0.4, -0.2) is 57.8 Å². The second-order valence-electron chi connectivity index (χ2n) is 8.62. The van der Waals surface area contributed by atoms with Crippen LogP contribution in [0.1, 0.15) is 56.7 Å². The van der Waals surface area contributed by atoms with E-state index in [-0.39, 0.29) is 6.04 Å². The van der Waals surface area contributed by atoms with Gasteiger partial charge < -0.3 is 14.5 Å². The number of ether oxygens (including phenoxy) is 1. The summed E-state index contributed by atoms with van der Waals surface area (Å²) >= 11 is 0. The maximum absolute atomic E-state index is 11.2. The fourth-order valence-electron chi connectivity index (χ4n) is 4.87. The minimum Gasteiger partial charge on any atom is -0.490 e. The topological polar surface area (TPSA) is 50.6 Å². The van der Waals surface area contributed by atoms with Gasteiger partial charge in [0.25, 0.3) is 0 Å². The monoisotopic (exact) mass is 394 g/mol. The van der Waals surface area contributed by atoms with Gasteiger partial charge in [0.1, 0.15) is 11.9 Å². The molecule has 29 heavy (non-hydrogen) atoms. The van der Waals surface area contributed by atoms with Crippen LogP contribution in [0.5, 0.6) is 5.75 Å². The molecule has 1 aliphatic carbocycles. The van der Waals surface area contributed by atoms with Gasteiger partial charge in [0.05, 0.1) is 17.4 Å². The first-order valence-corrected chi connectivity index (χ1v) is 11.1. The molecule has 0 spiro atoms. The number of rotatable bonds is 6. The molecule has 6 heteroatoms. The summed E-state index contributed by atoms with van der Waals surface area (Å²) in [6.07, 6.45) is 11.7. The number of hydrogen-bond donors (Lipinski definition) is 0. The Morgan fingerprint density at radius 1 is 0.931 bits per heavy atom. The van der Waals surface area contributed by atoms with Crippen LogP contribution in [0.25, 0.3) is 5.69 Å². The lowest BCUT2D eigenvalue weighted by Gasteiger charge is -2.41. The van der Waals surface area contributed by atoms with E-state index in [1.54, 1.807) is 0 Å². The molecule has 6 nitrogen and oxygen atoms in total. The van der Waals surface area contributed by atoms with E-state index < -0.39 is 0 Å². The van der Waals surface area contributed by atoms with E-state index in [1.165, 1.54) is 32.4 Å². The van der Waals surface area contributed by atoms with E-state index >= 15 is 0 Å². The first kappa shape index (κ1) is 18.7. The van der Waals surface area contributed by atoms with Gasteiger partial charge in [0.15, 0.2) is 0 Å². The van der Waals surface area contributed by atoms with Crippen LogP contribution in [-0.2, 0) is 4.79 Å². The summed E-state index contributed by atoms with van der Waals surface area (Å²) in [7, 11) is 0. The highest BCUT2D eigenvalue weighted by molar-refractivity contribution is 5.49. The Labute approximate surface area is 172 Å². The molecular formula is C23H30N4O2. The van der Waals surface area contributed by atoms with Crippen molar-refractivity contribution in [1.82, 2.24) is 19.6 Å². The molecule has 5 rings (SSSR count). The minimum absolute atomic E-state index is 0.113. The van der Waals surface area contributed by atoms with Crippen molar-refractivity contribution >= 4 is 6.41 Å². The standard InChI is InChI=1S/C23H30N4O2/c28-17-26-13-2-5-23(26)22-12-16-27(24-22)19-6-8-20(9-7-19)29-21-10-14-25(15-11-21)18-3-1-4-18/h6-9,12,16-18,21,23H,1-5,10-11,13-15H2. The van der Waals surface area contributed by atoms with E-state index in [9.17, 15) is 4.79 Å². The van der Waals surface area contributed by atoms with Gasteiger partial charge in [-0.05, 0) is 68.9 Å². The Morgan fingerprint density at radius 3 is 2.41 bits per heavy atom. The van der Waals surface area contributed by atoms with Gasteiger partial charge in [0.2, 0.25) is 6.41 Å². The van der Waals surface area contributed by atoms with Crippen LogP contribution >= 0.6 is 0 Å². The number of carbonyl (C=O) groups excluding carboxylic acids is 1. The molecule has 2 aliphatic heterocycles. The Hall–Kier alpha value is -2.34. The minimum atomic E-state index is 0.113. The number of piperidine rings is 1. The van der Waals surface area contributed by atoms with Gasteiger partial charge in [-0.25, -0.2) is 4.68 Å². The number of hydrogen-bond acceptors (Lipinski definition) is 4. The van der Waals surface area contributed by atoms with E-state index in [1.807, 2.05) is 34.0 Å². The Bertz CT molecular complexity index is 822. The molecule has 154 valence electrons. The SMILES string of the molecule is O=CN1CCCC1c1ccn(-c2ccc(OC3CCN(C4CCC4)CC3)cc2)n1. The van der Waals surface area contributed by atoms with Crippen LogP contribution in [0.4, 0.5) is 0 Å². The normalized spacial score (nSPS) is 23.9. The van der Waals surface area contributed by atoms with Crippen LogP contribution < -0.4 is 4.74 Å². The lowest BCUT2D eigenvalue weighted by Crippen LogP contribution is -2.46. The molecule has 3 heterocycles. The smallest absolute Gasteiger partial charge is 0.210 e. The highest BCUT2D eigenvalue weighted by Gasteiger charge is 2.29. The molecule has 0 radical (unpaired) electrons. The molecule has 2 aromatic rings. The fourth-order valence-corrected chi connectivity index (χ4v) is 4.87. The summed E-state index contributed by atoms with van der Waals surface area (Å²) in [5, 5.41) is 4.71. The number of likely N-dealkylation sites (tertiary alicyclic amines) is 2. The van der Waals surface area contributed by atoms with Crippen molar-refractivity contribution in [2.45, 2.75) is 63.1 Å². The molecular weight excluding hydrogens is 364 g/mol. The van der Waals surface area contributed by atoms with Crippen molar-refractivity contribution in [2.24, 2.45) is 0 Å². The molecule has 2 saturated heterocycles. The largest absolute Gasteiger partial charge is 0.490 e. The third-order valence-electron chi connectivity index (χ3n) is 6.85. The summed E-state index contributed by atoms with van der Waals surface area (Å²) < 4.78 is 8.13. The van der Waals surface area contributed by atoms with Crippen LogP contribution in [0.15, 0.2) is 36.5 Å². The summed E-state index contributed by atoms with van der Waals surface area (Å²) in [5.41, 5.74) is 1.98. The predicted octanol–water partition coefficient (Wildman–Crippen LogP) is 3.56. The number of nitrogens with zero attached hydrogens (tertiary/aromatic N) is 4. The molecule has 0 bridgehead atoms. The predicted molar refractivity (Wildman–Crippen MR) is 111 cm³/mol. The third kappa shape index (κ3) is 3.90. The van der Waals surface area contributed by atoms with Gasteiger partial charge >= 0.3 is 0 Å². The second kappa shape index (κ2) is 8.19. The molecule has 3 aliphatic rings. The second-order valence-corrected chi connectivity index (χ2v) is 8.62. The van der Waals surface area contributed by atoms with Crippen molar-refractivity contribution in [2.75, 3.05) is 19.6 Å². The lowest BCUT2D eigenvalue weighted by molar-refractivity contribution is -0.119. The van der Waals surface area contributed by atoms with Crippen molar-refractivity contribution in [1.29, 1.82) is 0 Å². The van der Waals surface area contributed by atoms with Gasteiger partial charge in [-0.15, -0.1) is 0 Å². The summed E-state index contributed by atoms with van der Waals surface area (Å²) in [6.45, 7) is 3.16. The molecule has 3 fully saturated rings. The maximum atomic E-state index is 11.2. The Balaban J connectivity index is 1.18. The van der Waals surface area contributed by atoms with E-state index in [2.05, 4.69) is 17.0 Å². The highest BCUT2D eigenvalue weighted by Crippen LogP contribution is 2.30. The zero-order valence-electron chi connectivity index (χ0n) is 16.9. The van der Waals surface area contributed by atoms with Crippen molar-refractivity contribution in [3.8, 4) is 11.4 Å². The number of benzene rings is 1.